The van der Waals surface area contributed by atoms with Gasteiger partial charge in [0.15, 0.2) is 0 Å². The molecule has 0 radical (unpaired) electrons. The van der Waals surface area contributed by atoms with Crippen molar-refractivity contribution in [3.63, 3.8) is 0 Å². The van der Waals surface area contributed by atoms with Crippen molar-refractivity contribution in [3.05, 3.63) is 52.0 Å². The third kappa shape index (κ3) is 3.73. The van der Waals surface area contributed by atoms with E-state index in [1.54, 1.807) is 11.4 Å². The second-order valence-corrected chi connectivity index (χ2v) is 6.71. The van der Waals surface area contributed by atoms with Gasteiger partial charge in [0.05, 0.1) is 10.4 Å². The number of nitrogens with zero attached hydrogens (tertiary/aromatic N) is 1. The van der Waals surface area contributed by atoms with E-state index in [2.05, 4.69) is 10.2 Å². The molecule has 0 bridgehead atoms. The molecule has 5 nitrogen and oxygen atoms in total. The molecule has 1 aromatic heterocycles. The largest absolute Gasteiger partial charge is 0.369 e. The molecule has 1 aromatic carbocycles. The van der Waals surface area contributed by atoms with Crippen LogP contribution in [-0.4, -0.2) is 30.9 Å². The highest BCUT2D eigenvalue weighted by Crippen LogP contribution is 2.21. The molecule has 0 saturated carbocycles. The Hall–Kier alpha value is -2.41. The van der Waals surface area contributed by atoms with Crippen molar-refractivity contribution < 1.29 is 14.0 Å². The van der Waals surface area contributed by atoms with Crippen molar-refractivity contribution in [1.82, 2.24) is 5.32 Å². The van der Waals surface area contributed by atoms with Crippen LogP contribution in [0.25, 0.3) is 0 Å². The van der Waals surface area contributed by atoms with E-state index in [4.69, 9.17) is 5.73 Å². The first-order valence-electron chi connectivity index (χ1n) is 7.72. The average molecular weight is 347 g/mol. The number of carbonyl (C=O) groups excluding carboxylic acids is 2. The van der Waals surface area contributed by atoms with Crippen LogP contribution in [0.2, 0.25) is 0 Å². The van der Waals surface area contributed by atoms with E-state index in [0.717, 1.165) is 25.1 Å². The fourth-order valence-electron chi connectivity index (χ4n) is 2.84. The summed E-state index contributed by atoms with van der Waals surface area (Å²) in [7, 11) is 0. The zero-order chi connectivity index (χ0) is 17.1. The van der Waals surface area contributed by atoms with Gasteiger partial charge in [0.2, 0.25) is 5.91 Å². The third-order valence-electron chi connectivity index (χ3n) is 4.04. The van der Waals surface area contributed by atoms with Crippen LogP contribution in [0.5, 0.6) is 0 Å². The number of rotatable bonds is 4. The normalized spacial score (nSPS) is 17.5. The molecule has 24 heavy (non-hydrogen) atoms. The van der Waals surface area contributed by atoms with Crippen LogP contribution in [0.1, 0.15) is 32.9 Å². The van der Waals surface area contributed by atoms with Gasteiger partial charge in [0, 0.05) is 30.2 Å². The molecule has 0 spiro atoms. The SMILES string of the molecule is NC(=O)c1csc(C(=O)NC2CCCN(c3cccc(F)c3)C2)c1. The summed E-state index contributed by atoms with van der Waals surface area (Å²) in [5, 5.41) is 4.57. The maximum Gasteiger partial charge on any atom is 0.261 e. The molecule has 1 aliphatic heterocycles. The molecule has 2 amide bonds. The van der Waals surface area contributed by atoms with Crippen molar-refractivity contribution >= 4 is 28.8 Å². The number of nitrogens with two attached hydrogens (primary N) is 1. The molecule has 1 saturated heterocycles. The molecule has 0 aliphatic carbocycles. The summed E-state index contributed by atoms with van der Waals surface area (Å²) in [5.74, 6) is -1.02. The Morgan fingerprint density at radius 2 is 2.17 bits per heavy atom. The van der Waals surface area contributed by atoms with Gasteiger partial charge in [-0.3, -0.25) is 9.59 Å². The van der Waals surface area contributed by atoms with Gasteiger partial charge in [-0.25, -0.2) is 4.39 Å². The van der Waals surface area contributed by atoms with Crippen LogP contribution in [0.3, 0.4) is 0 Å². The number of benzene rings is 1. The minimum Gasteiger partial charge on any atom is -0.369 e. The topological polar surface area (TPSA) is 75.4 Å². The first-order chi connectivity index (χ1) is 11.5. The molecule has 3 N–H and O–H groups in total. The second kappa shape index (κ2) is 7.00. The molecular formula is C17H18FN3O2S. The Kier molecular flexibility index (Phi) is 4.80. The minimum absolute atomic E-state index is 0.0198. The van der Waals surface area contributed by atoms with Crippen LogP contribution in [0, 0.1) is 5.82 Å². The van der Waals surface area contributed by atoms with Crippen LogP contribution < -0.4 is 16.0 Å². The Bertz CT molecular complexity index is 762. The summed E-state index contributed by atoms with van der Waals surface area (Å²) < 4.78 is 13.4. The number of amides is 2. The number of thiophene rings is 1. The lowest BCUT2D eigenvalue weighted by molar-refractivity contribution is 0.0937. The van der Waals surface area contributed by atoms with Crippen LogP contribution in [0.4, 0.5) is 10.1 Å². The van der Waals surface area contributed by atoms with Gasteiger partial charge in [-0.2, -0.15) is 0 Å². The average Bonchev–Trinajstić information content (AvgIpc) is 3.05. The maximum atomic E-state index is 13.4. The highest BCUT2D eigenvalue weighted by molar-refractivity contribution is 7.12. The molecule has 3 rings (SSSR count). The predicted molar refractivity (Wildman–Crippen MR) is 91.9 cm³/mol. The Labute approximate surface area is 143 Å². The highest BCUT2D eigenvalue weighted by Gasteiger charge is 2.23. The number of nitrogens with one attached hydrogen (secondary N) is 1. The number of primary amides is 1. The molecule has 1 aliphatic rings. The second-order valence-electron chi connectivity index (χ2n) is 5.80. The zero-order valence-electron chi connectivity index (χ0n) is 13.0. The molecule has 7 heteroatoms. The number of piperidine rings is 1. The van der Waals surface area contributed by atoms with Gasteiger partial charge in [-0.15, -0.1) is 11.3 Å². The van der Waals surface area contributed by atoms with Gasteiger partial charge >= 0.3 is 0 Å². The summed E-state index contributed by atoms with van der Waals surface area (Å²) >= 11 is 1.20. The zero-order valence-corrected chi connectivity index (χ0v) is 13.8. The Balaban J connectivity index is 1.64. The van der Waals surface area contributed by atoms with E-state index < -0.39 is 5.91 Å². The van der Waals surface area contributed by atoms with Crippen LogP contribution in [-0.2, 0) is 0 Å². The lowest BCUT2D eigenvalue weighted by Crippen LogP contribution is -2.47. The van der Waals surface area contributed by atoms with Gasteiger partial charge in [0.25, 0.3) is 5.91 Å². The third-order valence-corrected chi connectivity index (χ3v) is 4.97. The lowest BCUT2D eigenvalue weighted by atomic mass is 10.0. The number of anilines is 1. The number of hydrogen-bond donors (Lipinski definition) is 2. The van der Waals surface area contributed by atoms with Gasteiger partial charge in [0.1, 0.15) is 5.82 Å². The fraction of sp³-hybridized carbons (Fsp3) is 0.294. The number of carbonyl (C=O) groups is 2. The fourth-order valence-corrected chi connectivity index (χ4v) is 3.64. The summed E-state index contributed by atoms with van der Waals surface area (Å²) in [6.45, 7) is 1.46. The smallest absolute Gasteiger partial charge is 0.261 e. The molecule has 1 unspecified atom stereocenters. The summed E-state index contributed by atoms with van der Waals surface area (Å²) in [6, 6.07) is 7.96. The van der Waals surface area contributed by atoms with Crippen molar-refractivity contribution in [3.8, 4) is 0 Å². The van der Waals surface area contributed by atoms with Gasteiger partial charge in [-0.1, -0.05) is 6.07 Å². The van der Waals surface area contributed by atoms with Crippen molar-refractivity contribution in [2.24, 2.45) is 5.73 Å². The van der Waals surface area contributed by atoms with E-state index in [1.807, 2.05) is 6.07 Å². The van der Waals surface area contributed by atoms with E-state index in [9.17, 15) is 14.0 Å². The molecule has 1 fully saturated rings. The summed E-state index contributed by atoms with van der Waals surface area (Å²) in [5.41, 5.74) is 6.37. The monoisotopic (exact) mass is 347 g/mol. The number of hydrogen-bond acceptors (Lipinski definition) is 4. The van der Waals surface area contributed by atoms with E-state index >= 15 is 0 Å². The quantitative estimate of drug-likeness (QED) is 0.892. The Morgan fingerprint density at radius 1 is 1.33 bits per heavy atom. The minimum atomic E-state index is -0.541. The first kappa shape index (κ1) is 16.4. The van der Waals surface area contributed by atoms with Crippen LogP contribution >= 0.6 is 11.3 Å². The standard InChI is InChI=1S/C17H18FN3O2S/c18-12-3-1-5-14(8-12)21-6-2-4-13(9-21)20-17(23)15-7-11(10-24-15)16(19)22/h1,3,5,7-8,10,13H,2,4,6,9H2,(H2,19,22)(H,20,23). The van der Waals surface area contributed by atoms with E-state index in [-0.39, 0.29) is 17.8 Å². The highest BCUT2D eigenvalue weighted by atomic mass is 32.1. The lowest BCUT2D eigenvalue weighted by Gasteiger charge is -2.34. The van der Waals surface area contributed by atoms with Gasteiger partial charge < -0.3 is 16.0 Å². The molecule has 126 valence electrons. The first-order valence-corrected chi connectivity index (χ1v) is 8.60. The Morgan fingerprint density at radius 3 is 2.88 bits per heavy atom. The molecule has 2 aromatic rings. The van der Waals surface area contributed by atoms with E-state index in [0.29, 0.717) is 17.0 Å². The van der Waals surface area contributed by atoms with E-state index in [1.165, 1.54) is 29.5 Å². The van der Waals surface area contributed by atoms with Crippen molar-refractivity contribution in [2.45, 2.75) is 18.9 Å². The molecule has 2 heterocycles. The summed E-state index contributed by atoms with van der Waals surface area (Å²) in [4.78, 5) is 26.0. The maximum absolute atomic E-state index is 13.4. The van der Waals surface area contributed by atoms with Gasteiger partial charge in [-0.05, 0) is 37.1 Å². The van der Waals surface area contributed by atoms with Crippen molar-refractivity contribution in [2.75, 3.05) is 18.0 Å². The summed E-state index contributed by atoms with van der Waals surface area (Å²) in [6.07, 6.45) is 1.78. The number of halogens is 1. The molecule has 1 atom stereocenters. The van der Waals surface area contributed by atoms with Crippen LogP contribution in [0.15, 0.2) is 35.7 Å². The molecular weight excluding hydrogens is 329 g/mol. The predicted octanol–water partition coefficient (Wildman–Crippen LogP) is 2.38. The van der Waals surface area contributed by atoms with Crippen molar-refractivity contribution in [1.29, 1.82) is 0 Å².